The van der Waals surface area contributed by atoms with Gasteiger partial charge >= 0.3 is 0 Å². The highest BCUT2D eigenvalue weighted by Gasteiger charge is 2.08. The Morgan fingerprint density at radius 2 is 2.25 bits per heavy atom. The van der Waals surface area contributed by atoms with Gasteiger partial charge in [-0.1, -0.05) is 6.92 Å². The van der Waals surface area contributed by atoms with Gasteiger partial charge in [0.25, 0.3) is 0 Å². The zero-order valence-corrected chi connectivity index (χ0v) is 11.0. The highest BCUT2D eigenvalue weighted by molar-refractivity contribution is 7.99. The van der Waals surface area contributed by atoms with Gasteiger partial charge in [-0.15, -0.1) is 0 Å². The van der Waals surface area contributed by atoms with E-state index in [1.54, 1.807) is 11.8 Å². The first-order chi connectivity index (χ1) is 7.58. The molecule has 0 fully saturated rings. The van der Waals surface area contributed by atoms with Crippen LogP contribution in [0.4, 0.5) is 5.69 Å². The molecule has 1 heterocycles. The van der Waals surface area contributed by atoms with E-state index < -0.39 is 0 Å². The summed E-state index contributed by atoms with van der Waals surface area (Å²) in [4.78, 5) is 4.28. The first kappa shape index (κ1) is 12.9. The van der Waals surface area contributed by atoms with E-state index in [0.717, 1.165) is 23.6 Å². The van der Waals surface area contributed by atoms with Gasteiger partial charge in [-0.25, -0.2) is 0 Å². The highest BCUT2D eigenvalue weighted by Crippen LogP contribution is 2.19. The predicted molar refractivity (Wildman–Crippen MR) is 69.9 cm³/mol. The summed E-state index contributed by atoms with van der Waals surface area (Å²) in [6.07, 6.45) is 2.08. The van der Waals surface area contributed by atoms with Crippen molar-refractivity contribution in [2.24, 2.45) is 0 Å². The number of anilines is 1. The molecule has 3 nitrogen and oxygen atoms in total. The summed E-state index contributed by atoms with van der Waals surface area (Å²) in [5.74, 6) is 0. The van der Waals surface area contributed by atoms with Crippen LogP contribution in [0.15, 0.2) is 6.07 Å². The van der Waals surface area contributed by atoms with Crippen molar-refractivity contribution in [2.75, 3.05) is 18.1 Å². The van der Waals surface area contributed by atoms with Crippen LogP contribution in [0.1, 0.15) is 23.9 Å². The van der Waals surface area contributed by atoms with E-state index >= 15 is 0 Å². The molecule has 0 saturated carbocycles. The van der Waals surface area contributed by atoms with Crippen molar-refractivity contribution in [3.63, 3.8) is 0 Å². The molecule has 16 heavy (non-hydrogen) atoms. The van der Waals surface area contributed by atoms with Gasteiger partial charge in [0.2, 0.25) is 0 Å². The molecule has 0 saturated heterocycles. The van der Waals surface area contributed by atoms with Crippen LogP contribution in [0, 0.1) is 25.2 Å². The van der Waals surface area contributed by atoms with Crippen molar-refractivity contribution in [2.45, 2.75) is 26.0 Å². The molecule has 0 aliphatic heterocycles. The van der Waals surface area contributed by atoms with Crippen LogP contribution >= 0.6 is 11.8 Å². The lowest BCUT2D eigenvalue weighted by Crippen LogP contribution is -2.14. The van der Waals surface area contributed by atoms with Gasteiger partial charge in [0.1, 0.15) is 6.07 Å². The van der Waals surface area contributed by atoms with Crippen LogP contribution < -0.4 is 5.32 Å². The minimum absolute atomic E-state index is 0.528. The second kappa shape index (κ2) is 5.76. The monoisotopic (exact) mass is 235 g/mol. The van der Waals surface area contributed by atoms with Gasteiger partial charge < -0.3 is 5.32 Å². The van der Waals surface area contributed by atoms with Crippen LogP contribution in [0.5, 0.6) is 0 Å². The Labute approximate surface area is 101 Å². The van der Waals surface area contributed by atoms with Gasteiger partial charge in [0.05, 0.1) is 16.9 Å². The smallest absolute Gasteiger partial charge is 0.103 e. The van der Waals surface area contributed by atoms with E-state index in [1.807, 2.05) is 19.9 Å². The largest absolute Gasteiger partial charge is 0.383 e. The molecular formula is C12H17N3S. The molecular weight excluding hydrogens is 218 g/mol. The van der Waals surface area contributed by atoms with Crippen molar-refractivity contribution in [1.82, 2.24) is 4.98 Å². The van der Waals surface area contributed by atoms with Gasteiger partial charge in [-0.2, -0.15) is 17.0 Å². The molecule has 0 radical (unpaired) electrons. The lowest BCUT2D eigenvalue weighted by molar-refractivity contribution is 0.995. The van der Waals surface area contributed by atoms with Crippen molar-refractivity contribution in [1.29, 1.82) is 5.26 Å². The number of hydrogen-bond acceptors (Lipinski definition) is 4. The number of aryl methyl sites for hydroxylation is 2. The lowest BCUT2D eigenvalue weighted by atomic mass is 10.1. The number of aromatic nitrogens is 1. The molecule has 0 spiro atoms. The topological polar surface area (TPSA) is 48.7 Å². The zero-order valence-electron chi connectivity index (χ0n) is 10.2. The number of nitriles is 1. The molecule has 1 unspecified atom stereocenters. The molecule has 0 bridgehead atoms. The summed E-state index contributed by atoms with van der Waals surface area (Å²) in [5.41, 5.74) is 3.28. The SMILES string of the molecule is CSC(C)CNc1cc(C)nc(C)c1C#N. The normalized spacial score (nSPS) is 11.9. The summed E-state index contributed by atoms with van der Waals surface area (Å²) in [7, 11) is 0. The van der Waals surface area contributed by atoms with Crippen molar-refractivity contribution < 1.29 is 0 Å². The quantitative estimate of drug-likeness (QED) is 0.871. The second-order valence-electron chi connectivity index (χ2n) is 3.81. The molecule has 1 atom stereocenters. The zero-order chi connectivity index (χ0) is 12.1. The first-order valence-electron chi connectivity index (χ1n) is 5.23. The van der Waals surface area contributed by atoms with E-state index in [9.17, 15) is 0 Å². The number of nitrogens with one attached hydrogen (secondary N) is 1. The molecule has 4 heteroatoms. The number of thioether (sulfide) groups is 1. The fourth-order valence-corrected chi connectivity index (χ4v) is 1.70. The Morgan fingerprint density at radius 1 is 1.56 bits per heavy atom. The van der Waals surface area contributed by atoms with E-state index in [2.05, 4.69) is 29.5 Å². The molecule has 1 aromatic heterocycles. The van der Waals surface area contributed by atoms with Crippen LogP contribution in [-0.4, -0.2) is 23.0 Å². The highest BCUT2D eigenvalue weighted by atomic mass is 32.2. The van der Waals surface area contributed by atoms with Crippen LogP contribution in [-0.2, 0) is 0 Å². The molecule has 1 N–H and O–H groups in total. The van der Waals surface area contributed by atoms with Gasteiger partial charge in [0, 0.05) is 17.5 Å². The van der Waals surface area contributed by atoms with E-state index in [-0.39, 0.29) is 0 Å². The number of pyridine rings is 1. The average Bonchev–Trinajstić information content (AvgIpc) is 2.25. The molecule has 0 aliphatic carbocycles. The van der Waals surface area contributed by atoms with Gasteiger partial charge in [-0.05, 0) is 26.2 Å². The second-order valence-corrected chi connectivity index (χ2v) is 5.09. The van der Waals surface area contributed by atoms with E-state index in [0.29, 0.717) is 10.8 Å². The minimum Gasteiger partial charge on any atom is -0.383 e. The maximum absolute atomic E-state index is 9.08. The maximum Gasteiger partial charge on any atom is 0.103 e. The Kier molecular flexibility index (Phi) is 4.63. The van der Waals surface area contributed by atoms with E-state index in [4.69, 9.17) is 5.26 Å². The Hall–Kier alpha value is -1.21. The number of rotatable bonds is 4. The molecule has 0 aromatic carbocycles. The summed E-state index contributed by atoms with van der Waals surface area (Å²) in [6, 6.07) is 4.13. The Bertz CT molecular complexity index is 409. The summed E-state index contributed by atoms with van der Waals surface area (Å²) in [5, 5.41) is 12.9. The minimum atomic E-state index is 0.528. The van der Waals surface area contributed by atoms with Gasteiger partial charge in [0.15, 0.2) is 0 Å². The van der Waals surface area contributed by atoms with Crippen LogP contribution in [0.25, 0.3) is 0 Å². The lowest BCUT2D eigenvalue weighted by Gasteiger charge is -2.13. The van der Waals surface area contributed by atoms with Crippen molar-refractivity contribution >= 4 is 17.4 Å². The van der Waals surface area contributed by atoms with Crippen LogP contribution in [0.3, 0.4) is 0 Å². The van der Waals surface area contributed by atoms with Crippen molar-refractivity contribution in [3.05, 3.63) is 23.0 Å². The van der Waals surface area contributed by atoms with Crippen molar-refractivity contribution in [3.8, 4) is 6.07 Å². The maximum atomic E-state index is 9.08. The summed E-state index contributed by atoms with van der Waals surface area (Å²) < 4.78 is 0. The molecule has 0 amide bonds. The predicted octanol–water partition coefficient (Wildman–Crippen LogP) is 2.73. The average molecular weight is 235 g/mol. The number of hydrogen-bond donors (Lipinski definition) is 1. The number of nitrogens with zero attached hydrogens (tertiary/aromatic N) is 2. The van der Waals surface area contributed by atoms with Crippen LogP contribution in [0.2, 0.25) is 0 Å². The third kappa shape index (κ3) is 3.14. The Morgan fingerprint density at radius 3 is 2.81 bits per heavy atom. The molecule has 86 valence electrons. The third-order valence-corrected chi connectivity index (χ3v) is 3.39. The van der Waals surface area contributed by atoms with E-state index in [1.165, 1.54) is 0 Å². The molecule has 1 aromatic rings. The molecule has 0 aliphatic rings. The van der Waals surface area contributed by atoms with Gasteiger partial charge in [-0.3, -0.25) is 4.98 Å². The summed E-state index contributed by atoms with van der Waals surface area (Å²) in [6.45, 7) is 6.83. The first-order valence-corrected chi connectivity index (χ1v) is 6.52. The Balaban J connectivity index is 2.91. The molecule has 1 rings (SSSR count). The standard InChI is InChI=1S/C12H17N3S/c1-8-5-12(14-7-9(2)16-4)11(6-13)10(3)15-8/h5,9H,7H2,1-4H3,(H,14,15). The fourth-order valence-electron chi connectivity index (χ4n) is 1.45. The third-order valence-electron chi connectivity index (χ3n) is 2.42. The fraction of sp³-hybridized carbons (Fsp3) is 0.500. The summed E-state index contributed by atoms with van der Waals surface area (Å²) >= 11 is 1.80.